The van der Waals surface area contributed by atoms with Gasteiger partial charge in [0.1, 0.15) is 22.4 Å². The first-order chi connectivity index (χ1) is 15.1. The molecule has 170 valence electrons. The Balaban J connectivity index is 1.77. The summed E-state index contributed by atoms with van der Waals surface area (Å²) in [4.78, 5) is 20.1. The average Bonchev–Trinajstić information content (AvgIpc) is 2.73. The molecule has 1 amide bonds. The number of anilines is 1. The molecule has 0 radical (unpaired) electrons. The lowest BCUT2D eigenvalue weighted by molar-refractivity contribution is 0.0361. The van der Waals surface area contributed by atoms with Crippen LogP contribution in [0.3, 0.4) is 0 Å². The lowest BCUT2D eigenvalue weighted by atomic mass is 9.84. The summed E-state index contributed by atoms with van der Waals surface area (Å²) in [6.45, 7) is -0.129. The number of rotatable bonds is 3. The third-order valence-electron chi connectivity index (χ3n) is 5.47. The number of sulfonamides is 1. The number of hydrogen-bond donors (Lipinski definition) is 2. The van der Waals surface area contributed by atoms with Crippen LogP contribution in [0.25, 0.3) is 0 Å². The van der Waals surface area contributed by atoms with E-state index in [0.29, 0.717) is 12.3 Å². The lowest BCUT2D eigenvalue weighted by Crippen LogP contribution is -2.61. The van der Waals surface area contributed by atoms with Crippen LogP contribution in [0, 0.1) is 17.5 Å². The van der Waals surface area contributed by atoms with Crippen molar-refractivity contribution in [3.63, 3.8) is 0 Å². The molecule has 0 bridgehead atoms. The van der Waals surface area contributed by atoms with Crippen molar-refractivity contribution >= 4 is 27.6 Å². The first kappa shape index (κ1) is 22.0. The number of ether oxygens (including phenoxy) is 1. The fraction of sp³-hybridized carbons (Fsp3) is 0.316. The van der Waals surface area contributed by atoms with E-state index in [2.05, 4.69) is 15.3 Å². The van der Waals surface area contributed by atoms with E-state index in [4.69, 9.17) is 10.5 Å². The number of aromatic nitrogens is 1. The number of carbonyl (C=O) groups is 1. The van der Waals surface area contributed by atoms with E-state index in [-0.39, 0.29) is 36.8 Å². The highest BCUT2D eigenvalue weighted by atomic mass is 32.2. The van der Waals surface area contributed by atoms with Crippen molar-refractivity contribution in [2.45, 2.75) is 17.2 Å². The molecule has 2 unspecified atom stereocenters. The Bertz CT molecular complexity index is 1240. The van der Waals surface area contributed by atoms with Crippen LogP contribution >= 0.6 is 0 Å². The predicted molar refractivity (Wildman–Crippen MR) is 108 cm³/mol. The number of aliphatic imine (C=N–C) groups is 1. The van der Waals surface area contributed by atoms with Crippen LogP contribution < -0.4 is 11.1 Å². The van der Waals surface area contributed by atoms with E-state index in [9.17, 15) is 26.4 Å². The van der Waals surface area contributed by atoms with Gasteiger partial charge < -0.3 is 15.8 Å². The molecule has 9 nitrogen and oxygen atoms in total. The van der Waals surface area contributed by atoms with Gasteiger partial charge in [-0.05, 0) is 24.6 Å². The number of fused-ring (bicyclic) bond motifs is 1. The molecule has 3 N–H and O–H groups in total. The summed E-state index contributed by atoms with van der Waals surface area (Å²) in [5.74, 6) is -4.26. The Hall–Kier alpha value is -3.19. The molecule has 2 atom stereocenters. The molecule has 0 spiro atoms. The molecule has 3 heterocycles. The van der Waals surface area contributed by atoms with Gasteiger partial charge in [0, 0.05) is 31.0 Å². The molecule has 1 aromatic heterocycles. The van der Waals surface area contributed by atoms with Crippen molar-refractivity contribution in [3.8, 4) is 0 Å². The smallest absolute Gasteiger partial charge is 0.277 e. The number of pyridine rings is 1. The van der Waals surface area contributed by atoms with Crippen LogP contribution in [0.1, 0.15) is 22.5 Å². The molecule has 0 saturated carbocycles. The number of guanidine groups is 1. The van der Waals surface area contributed by atoms with Crippen LogP contribution in [0.4, 0.5) is 18.9 Å². The molecular formula is C19H18F3N5O4S. The van der Waals surface area contributed by atoms with Crippen molar-refractivity contribution in [2.75, 3.05) is 25.6 Å². The van der Waals surface area contributed by atoms with Crippen molar-refractivity contribution in [3.05, 3.63) is 59.2 Å². The minimum Gasteiger partial charge on any atom is -0.378 e. The monoisotopic (exact) mass is 469 g/mol. The van der Waals surface area contributed by atoms with E-state index in [0.717, 1.165) is 10.4 Å². The van der Waals surface area contributed by atoms with E-state index in [1.807, 2.05) is 0 Å². The van der Waals surface area contributed by atoms with Crippen LogP contribution in [0.5, 0.6) is 0 Å². The molecule has 4 rings (SSSR count). The Kier molecular flexibility index (Phi) is 5.33. The second kappa shape index (κ2) is 7.74. The molecule has 0 aliphatic carbocycles. The Morgan fingerprint density at radius 2 is 2.03 bits per heavy atom. The fourth-order valence-electron chi connectivity index (χ4n) is 3.86. The highest BCUT2D eigenvalue weighted by Crippen LogP contribution is 2.44. The van der Waals surface area contributed by atoms with Gasteiger partial charge in [0.05, 0.1) is 12.8 Å². The van der Waals surface area contributed by atoms with Gasteiger partial charge in [-0.1, -0.05) is 0 Å². The normalized spacial score (nSPS) is 24.4. The predicted octanol–water partition coefficient (Wildman–Crippen LogP) is 1.33. The number of hydrogen-bond acceptors (Lipinski definition) is 7. The number of nitrogens with one attached hydrogen (secondary N) is 1. The number of nitrogens with two attached hydrogens (primary N) is 1. The summed E-state index contributed by atoms with van der Waals surface area (Å²) in [6, 6.07) is 3.90. The van der Waals surface area contributed by atoms with Gasteiger partial charge in [0.2, 0.25) is 16.0 Å². The molecule has 1 saturated heterocycles. The number of halogens is 3. The third-order valence-corrected chi connectivity index (χ3v) is 7.77. The molecule has 13 heteroatoms. The summed E-state index contributed by atoms with van der Waals surface area (Å²) in [5.41, 5.74) is 3.33. The molecule has 2 aliphatic heterocycles. The van der Waals surface area contributed by atoms with Gasteiger partial charge in [-0.3, -0.25) is 4.79 Å². The van der Waals surface area contributed by atoms with Crippen molar-refractivity contribution < 1.29 is 31.1 Å². The largest absolute Gasteiger partial charge is 0.378 e. The lowest BCUT2D eigenvalue weighted by Gasteiger charge is -2.45. The second-order valence-corrected chi connectivity index (χ2v) is 9.52. The van der Waals surface area contributed by atoms with Gasteiger partial charge in [-0.15, -0.1) is 0 Å². The summed E-state index contributed by atoms with van der Waals surface area (Å²) < 4.78 is 74.2. The van der Waals surface area contributed by atoms with E-state index in [1.165, 1.54) is 19.2 Å². The van der Waals surface area contributed by atoms with Crippen LogP contribution in [-0.4, -0.2) is 55.1 Å². The third kappa shape index (κ3) is 3.46. The topological polar surface area (TPSA) is 127 Å². The molecule has 2 aliphatic rings. The molecule has 2 aromatic rings. The summed E-state index contributed by atoms with van der Waals surface area (Å²) in [6.07, 6.45) is 0.724. The van der Waals surface area contributed by atoms with Crippen LogP contribution in [0.15, 0.2) is 35.5 Å². The first-order valence-corrected chi connectivity index (χ1v) is 10.9. The SMILES string of the molecule is CN1C(N)=NC2(c3cc(NC(=O)c4ncc(F)cc4F)ccc3F)COCCC2S1(=O)=O. The highest BCUT2D eigenvalue weighted by Gasteiger charge is 2.56. The maximum Gasteiger partial charge on any atom is 0.277 e. The van der Waals surface area contributed by atoms with E-state index < -0.39 is 49.9 Å². The summed E-state index contributed by atoms with van der Waals surface area (Å²) in [5, 5.41) is 1.19. The first-order valence-electron chi connectivity index (χ1n) is 9.39. The maximum absolute atomic E-state index is 15.0. The number of nitrogens with zero attached hydrogens (tertiary/aromatic N) is 3. The zero-order valence-corrected chi connectivity index (χ0v) is 17.5. The van der Waals surface area contributed by atoms with Crippen molar-refractivity contribution in [1.29, 1.82) is 0 Å². The van der Waals surface area contributed by atoms with Crippen LogP contribution in [-0.2, 0) is 20.3 Å². The molecular weight excluding hydrogens is 451 g/mol. The zero-order chi connectivity index (χ0) is 23.3. The van der Waals surface area contributed by atoms with Crippen molar-refractivity contribution in [1.82, 2.24) is 9.29 Å². The van der Waals surface area contributed by atoms with E-state index >= 15 is 0 Å². The second-order valence-electron chi connectivity index (χ2n) is 7.37. The zero-order valence-electron chi connectivity index (χ0n) is 16.7. The average molecular weight is 469 g/mol. The quantitative estimate of drug-likeness (QED) is 0.698. The number of benzene rings is 1. The van der Waals surface area contributed by atoms with Gasteiger partial charge in [0.25, 0.3) is 5.91 Å². The Labute approximate surface area is 181 Å². The van der Waals surface area contributed by atoms with Gasteiger partial charge in [-0.2, -0.15) is 0 Å². The Morgan fingerprint density at radius 1 is 1.28 bits per heavy atom. The minimum atomic E-state index is -3.98. The number of amides is 1. The van der Waals surface area contributed by atoms with Crippen LogP contribution in [0.2, 0.25) is 0 Å². The molecule has 1 aromatic carbocycles. The molecule has 32 heavy (non-hydrogen) atoms. The Morgan fingerprint density at radius 3 is 2.75 bits per heavy atom. The fourth-order valence-corrected chi connectivity index (χ4v) is 5.68. The maximum atomic E-state index is 15.0. The van der Waals surface area contributed by atoms with Gasteiger partial charge >= 0.3 is 0 Å². The van der Waals surface area contributed by atoms with Gasteiger partial charge in [-0.25, -0.2) is 35.9 Å². The highest BCUT2D eigenvalue weighted by molar-refractivity contribution is 7.90. The minimum absolute atomic E-state index is 0.0146. The summed E-state index contributed by atoms with van der Waals surface area (Å²) >= 11 is 0. The van der Waals surface area contributed by atoms with Crippen molar-refractivity contribution in [2.24, 2.45) is 10.7 Å². The standard InChI is InChI=1S/C19H18F3N5O4S/c1-27-18(23)26-19(9-31-5-4-15(19)32(27,29)30)12-7-11(2-3-13(12)21)25-17(28)16-14(22)6-10(20)8-24-16/h2-3,6-8,15H,4-5,9H2,1H3,(H2,23,26)(H,25,28). The number of carbonyl (C=O) groups excluding carboxylic acids is 1. The summed E-state index contributed by atoms with van der Waals surface area (Å²) in [7, 11) is -2.72. The van der Waals surface area contributed by atoms with E-state index in [1.54, 1.807) is 0 Å². The van der Waals surface area contributed by atoms with Gasteiger partial charge in [0.15, 0.2) is 11.5 Å². The molecule has 1 fully saturated rings.